The SMILES string of the molecule is COCc1cc(-c2noc(-c3cc(C(F)(F)F)ccn3)n2)ccc1F. The molecule has 0 fully saturated rings. The van der Waals surface area contributed by atoms with E-state index in [0.717, 1.165) is 18.3 Å². The molecule has 0 aliphatic carbocycles. The van der Waals surface area contributed by atoms with Gasteiger partial charge in [-0.25, -0.2) is 4.39 Å². The van der Waals surface area contributed by atoms with E-state index in [4.69, 9.17) is 9.26 Å². The van der Waals surface area contributed by atoms with Crippen LogP contribution in [-0.2, 0) is 17.5 Å². The fourth-order valence-corrected chi connectivity index (χ4v) is 2.15. The highest BCUT2D eigenvalue weighted by molar-refractivity contribution is 5.59. The number of methoxy groups -OCH3 is 1. The van der Waals surface area contributed by atoms with Crippen molar-refractivity contribution < 1.29 is 26.8 Å². The van der Waals surface area contributed by atoms with Crippen molar-refractivity contribution in [3.63, 3.8) is 0 Å². The van der Waals surface area contributed by atoms with Crippen LogP contribution >= 0.6 is 0 Å². The fourth-order valence-electron chi connectivity index (χ4n) is 2.15. The van der Waals surface area contributed by atoms with E-state index in [9.17, 15) is 17.6 Å². The molecule has 25 heavy (non-hydrogen) atoms. The quantitative estimate of drug-likeness (QED) is 0.661. The molecule has 0 saturated heterocycles. The summed E-state index contributed by atoms with van der Waals surface area (Å²) >= 11 is 0. The Morgan fingerprint density at radius 1 is 1.16 bits per heavy atom. The summed E-state index contributed by atoms with van der Waals surface area (Å²) in [5.74, 6) is -0.515. The Morgan fingerprint density at radius 2 is 1.96 bits per heavy atom. The molecule has 0 spiro atoms. The summed E-state index contributed by atoms with van der Waals surface area (Å²) in [7, 11) is 1.43. The van der Waals surface area contributed by atoms with Crippen LogP contribution in [0.3, 0.4) is 0 Å². The molecule has 2 aromatic heterocycles. The first-order valence-electron chi connectivity index (χ1n) is 7.03. The zero-order valence-corrected chi connectivity index (χ0v) is 12.8. The first-order valence-corrected chi connectivity index (χ1v) is 7.03. The predicted molar refractivity (Wildman–Crippen MR) is 78.6 cm³/mol. The highest BCUT2D eigenvalue weighted by Crippen LogP contribution is 2.31. The average molecular weight is 353 g/mol. The smallest absolute Gasteiger partial charge is 0.380 e. The van der Waals surface area contributed by atoms with E-state index in [-0.39, 0.29) is 24.0 Å². The molecule has 2 heterocycles. The van der Waals surface area contributed by atoms with Crippen molar-refractivity contribution in [1.29, 1.82) is 0 Å². The maximum absolute atomic E-state index is 13.6. The minimum atomic E-state index is -4.51. The molecule has 0 N–H and O–H groups in total. The summed E-state index contributed by atoms with van der Waals surface area (Å²) in [6.45, 7) is 0.0551. The topological polar surface area (TPSA) is 61.0 Å². The van der Waals surface area contributed by atoms with E-state index in [1.807, 2.05) is 0 Å². The second kappa shape index (κ2) is 6.60. The lowest BCUT2D eigenvalue weighted by Crippen LogP contribution is -2.05. The average Bonchev–Trinajstić information content (AvgIpc) is 3.06. The molecule has 0 aliphatic heterocycles. The van der Waals surface area contributed by atoms with Gasteiger partial charge in [0.2, 0.25) is 5.82 Å². The van der Waals surface area contributed by atoms with Crippen LogP contribution in [0, 0.1) is 5.82 Å². The minimum absolute atomic E-state index is 0.0551. The molecule has 0 bridgehead atoms. The zero-order chi connectivity index (χ0) is 18.0. The molecule has 130 valence electrons. The van der Waals surface area contributed by atoms with Crippen LogP contribution in [0.4, 0.5) is 17.6 Å². The van der Waals surface area contributed by atoms with Gasteiger partial charge in [-0.2, -0.15) is 18.2 Å². The third-order valence-electron chi connectivity index (χ3n) is 3.34. The highest BCUT2D eigenvalue weighted by atomic mass is 19.4. The van der Waals surface area contributed by atoms with Gasteiger partial charge in [0.05, 0.1) is 12.2 Å². The van der Waals surface area contributed by atoms with E-state index in [0.29, 0.717) is 11.1 Å². The number of nitrogens with zero attached hydrogens (tertiary/aromatic N) is 3. The van der Waals surface area contributed by atoms with Crippen molar-refractivity contribution in [3.8, 4) is 23.0 Å². The van der Waals surface area contributed by atoms with Gasteiger partial charge >= 0.3 is 6.18 Å². The number of pyridine rings is 1. The van der Waals surface area contributed by atoms with E-state index < -0.39 is 17.6 Å². The van der Waals surface area contributed by atoms with E-state index >= 15 is 0 Å². The lowest BCUT2D eigenvalue weighted by atomic mass is 10.1. The van der Waals surface area contributed by atoms with Gasteiger partial charge in [-0.05, 0) is 30.3 Å². The third-order valence-corrected chi connectivity index (χ3v) is 3.34. The standard InChI is InChI=1S/C16H11F4N3O2/c1-24-8-10-6-9(2-3-12(10)17)14-22-15(25-23-14)13-7-11(4-5-21-13)16(18,19)20/h2-7H,8H2,1H3. The number of aromatic nitrogens is 3. The first kappa shape index (κ1) is 17.0. The molecule has 3 aromatic rings. The number of alkyl halides is 3. The molecule has 0 atom stereocenters. The highest BCUT2D eigenvalue weighted by Gasteiger charge is 2.31. The van der Waals surface area contributed by atoms with Gasteiger partial charge in [0.25, 0.3) is 5.89 Å². The number of benzene rings is 1. The number of hydrogen-bond donors (Lipinski definition) is 0. The molecular weight excluding hydrogens is 342 g/mol. The van der Waals surface area contributed by atoms with Crippen LogP contribution in [-0.4, -0.2) is 22.2 Å². The van der Waals surface area contributed by atoms with Crippen molar-refractivity contribution in [2.45, 2.75) is 12.8 Å². The van der Waals surface area contributed by atoms with Gasteiger partial charge < -0.3 is 9.26 Å². The van der Waals surface area contributed by atoms with Crippen LogP contribution in [0.25, 0.3) is 23.0 Å². The largest absolute Gasteiger partial charge is 0.416 e. The van der Waals surface area contributed by atoms with E-state index in [1.54, 1.807) is 0 Å². The molecule has 1 aromatic carbocycles. The Morgan fingerprint density at radius 3 is 2.68 bits per heavy atom. The molecule has 5 nitrogen and oxygen atoms in total. The van der Waals surface area contributed by atoms with Crippen LogP contribution in [0.1, 0.15) is 11.1 Å². The Balaban J connectivity index is 1.95. The molecule has 0 saturated carbocycles. The lowest BCUT2D eigenvalue weighted by Gasteiger charge is -2.05. The van der Waals surface area contributed by atoms with Crippen molar-refractivity contribution in [3.05, 3.63) is 53.5 Å². The molecule has 0 radical (unpaired) electrons. The summed E-state index contributed by atoms with van der Waals surface area (Å²) in [5.41, 5.74) is -0.242. The number of ether oxygens (including phenoxy) is 1. The van der Waals surface area contributed by atoms with Gasteiger partial charge in [0.1, 0.15) is 11.5 Å². The molecule has 0 unspecified atom stereocenters. The second-order valence-electron chi connectivity index (χ2n) is 5.09. The second-order valence-corrected chi connectivity index (χ2v) is 5.09. The normalized spacial score (nSPS) is 11.7. The van der Waals surface area contributed by atoms with Crippen molar-refractivity contribution >= 4 is 0 Å². The van der Waals surface area contributed by atoms with Gasteiger partial charge in [-0.15, -0.1) is 0 Å². The van der Waals surface area contributed by atoms with Crippen molar-refractivity contribution in [2.75, 3.05) is 7.11 Å². The number of hydrogen-bond acceptors (Lipinski definition) is 5. The number of rotatable bonds is 4. The fraction of sp³-hybridized carbons (Fsp3) is 0.188. The Bertz CT molecular complexity index is 893. The summed E-state index contributed by atoms with van der Waals surface area (Å²) < 4.78 is 61.8. The monoisotopic (exact) mass is 353 g/mol. The molecule has 0 aliphatic rings. The summed E-state index contributed by atoms with van der Waals surface area (Å²) in [6.07, 6.45) is -3.50. The summed E-state index contributed by atoms with van der Waals surface area (Å²) in [5, 5.41) is 3.71. The summed E-state index contributed by atoms with van der Waals surface area (Å²) in [6, 6.07) is 5.80. The third kappa shape index (κ3) is 3.66. The Labute approximate surface area is 139 Å². The van der Waals surface area contributed by atoms with Gasteiger partial charge in [-0.1, -0.05) is 5.16 Å². The van der Waals surface area contributed by atoms with Crippen molar-refractivity contribution in [2.24, 2.45) is 0 Å². The Kier molecular flexibility index (Phi) is 4.49. The molecule has 9 heteroatoms. The number of halogens is 4. The molecular formula is C16H11F4N3O2. The maximum atomic E-state index is 13.6. The zero-order valence-electron chi connectivity index (χ0n) is 12.8. The van der Waals surface area contributed by atoms with Crippen LogP contribution in [0.5, 0.6) is 0 Å². The van der Waals surface area contributed by atoms with Gasteiger partial charge in [0.15, 0.2) is 0 Å². The van der Waals surface area contributed by atoms with E-state index in [2.05, 4.69) is 15.1 Å². The predicted octanol–water partition coefficient (Wildman–Crippen LogP) is 4.10. The lowest BCUT2D eigenvalue weighted by molar-refractivity contribution is -0.137. The van der Waals surface area contributed by atoms with Crippen LogP contribution in [0.15, 0.2) is 41.1 Å². The van der Waals surface area contributed by atoms with Gasteiger partial charge in [0, 0.05) is 24.4 Å². The Hall–Kier alpha value is -2.81. The van der Waals surface area contributed by atoms with Crippen LogP contribution in [0.2, 0.25) is 0 Å². The maximum Gasteiger partial charge on any atom is 0.416 e. The minimum Gasteiger partial charge on any atom is -0.380 e. The van der Waals surface area contributed by atoms with Crippen LogP contribution < -0.4 is 0 Å². The molecule has 0 amide bonds. The van der Waals surface area contributed by atoms with E-state index in [1.165, 1.54) is 25.3 Å². The van der Waals surface area contributed by atoms with Gasteiger partial charge in [-0.3, -0.25) is 4.98 Å². The van der Waals surface area contributed by atoms with Crippen molar-refractivity contribution in [1.82, 2.24) is 15.1 Å². The first-order chi connectivity index (χ1) is 11.9. The summed E-state index contributed by atoms with van der Waals surface area (Å²) in [4.78, 5) is 7.85. The molecule has 3 rings (SSSR count).